The maximum atomic E-state index is 12.0. The summed E-state index contributed by atoms with van der Waals surface area (Å²) in [6.07, 6.45) is 0.749. The molecule has 2 unspecified atom stereocenters. The number of aryl methyl sites for hydroxylation is 2. The highest BCUT2D eigenvalue weighted by Gasteiger charge is 2.18. The van der Waals surface area contributed by atoms with Gasteiger partial charge in [0.15, 0.2) is 0 Å². The monoisotopic (exact) mass is 282 g/mol. The van der Waals surface area contributed by atoms with Crippen molar-refractivity contribution in [3.05, 3.63) is 17.0 Å². The molecule has 0 fully saturated rings. The van der Waals surface area contributed by atoms with Gasteiger partial charge in [-0.3, -0.25) is 4.68 Å². The van der Waals surface area contributed by atoms with Crippen molar-refractivity contribution in [2.75, 3.05) is 13.7 Å². The van der Waals surface area contributed by atoms with Gasteiger partial charge in [0.05, 0.1) is 18.3 Å². The Kier molecular flexibility index (Phi) is 5.56. The van der Waals surface area contributed by atoms with Crippen molar-refractivity contribution in [1.29, 1.82) is 0 Å². The SMILES string of the molecule is Cc1nn(C)c(C)c1CC(C)NC(=O)N(C)C(C)CO. The smallest absolute Gasteiger partial charge is 0.317 e. The van der Waals surface area contributed by atoms with E-state index in [-0.39, 0.29) is 24.7 Å². The molecule has 114 valence electrons. The quantitative estimate of drug-likeness (QED) is 0.846. The van der Waals surface area contributed by atoms with Gasteiger partial charge in [-0.05, 0) is 39.7 Å². The lowest BCUT2D eigenvalue weighted by Gasteiger charge is -2.25. The number of urea groups is 1. The lowest BCUT2D eigenvalue weighted by atomic mass is 10.1. The Labute approximate surface area is 120 Å². The van der Waals surface area contributed by atoms with Crippen LogP contribution in [0.2, 0.25) is 0 Å². The fourth-order valence-corrected chi connectivity index (χ4v) is 2.11. The van der Waals surface area contributed by atoms with Gasteiger partial charge in [-0.2, -0.15) is 5.10 Å². The van der Waals surface area contributed by atoms with Crippen LogP contribution in [-0.4, -0.2) is 51.6 Å². The fraction of sp³-hybridized carbons (Fsp3) is 0.714. The molecular formula is C14H26N4O2. The molecular weight excluding hydrogens is 256 g/mol. The summed E-state index contributed by atoms with van der Waals surface area (Å²) in [7, 11) is 3.61. The molecule has 1 aromatic heterocycles. The molecule has 1 rings (SSSR count). The third-order valence-electron chi connectivity index (χ3n) is 3.78. The first kappa shape index (κ1) is 16.5. The Morgan fingerprint density at radius 3 is 2.50 bits per heavy atom. The molecule has 2 amide bonds. The van der Waals surface area contributed by atoms with Gasteiger partial charge in [-0.15, -0.1) is 0 Å². The van der Waals surface area contributed by atoms with E-state index in [2.05, 4.69) is 10.4 Å². The number of hydrogen-bond acceptors (Lipinski definition) is 3. The Morgan fingerprint density at radius 2 is 2.05 bits per heavy atom. The van der Waals surface area contributed by atoms with E-state index in [1.807, 2.05) is 32.5 Å². The average molecular weight is 282 g/mol. The number of rotatable bonds is 5. The molecule has 0 aliphatic carbocycles. The van der Waals surface area contributed by atoms with Crippen molar-refractivity contribution >= 4 is 6.03 Å². The van der Waals surface area contributed by atoms with Crippen LogP contribution in [-0.2, 0) is 13.5 Å². The molecule has 0 saturated carbocycles. The number of hydrogen-bond donors (Lipinski definition) is 2. The van der Waals surface area contributed by atoms with Crippen LogP contribution in [0.15, 0.2) is 0 Å². The standard InChI is InChI=1S/C14H26N4O2/c1-9(15-14(20)17(5)10(2)8-19)7-13-11(3)16-18(6)12(13)4/h9-10,19H,7-8H2,1-6H3,(H,15,20). The van der Waals surface area contributed by atoms with Crippen molar-refractivity contribution < 1.29 is 9.90 Å². The number of amides is 2. The molecule has 0 aliphatic rings. The van der Waals surface area contributed by atoms with E-state index in [0.29, 0.717) is 0 Å². The summed E-state index contributed by atoms with van der Waals surface area (Å²) in [6.45, 7) is 7.75. The largest absolute Gasteiger partial charge is 0.394 e. The second kappa shape index (κ2) is 6.74. The summed E-state index contributed by atoms with van der Waals surface area (Å²) in [5, 5.41) is 16.4. The van der Waals surface area contributed by atoms with E-state index in [1.165, 1.54) is 10.5 Å². The second-order valence-corrected chi connectivity index (χ2v) is 5.47. The minimum Gasteiger partial charge on any atom is -0.394 e. The zero-order chi connectivity index (χ0) is 15.4. The van der Waals surface area contributed by atoms with E-state index in [0.717, 1.165) is 17.8 Å². The van der Waals surface area contributed by atoms with Crippen LogP contribution in [0.4, 0.5) is 4.79 Å². The first-order chi connectivity index (χ1) is 9.27. The molecule has 0 aliphatic heterocycles. The molecule has 0 spiro atoms. The van der Waals surface area contributed by atoms with Gasteiger partial charge in [-0.1, -0.05) is 0 Å². The van der Waals surface area contributed by atoms with Gasteiger partial charge in [0.25, 0.3) is 0 Å². The number of nitrogens with one attached hydrogen (secondary N) is 1. The third kappa shape index (κ3) is 3.72. The van der Waals surface area contributed by atoms with Crippen LogP contribution in [0.3, 0.4) is 0 Å². The highest BCUT2D eigenvalue weighted by Crippen LogP contribution is 2.14. The number of carbonyl (C=O) groups excluding carboxylic acids is 1. The number of aromatic nitrogens is 2. The minimum absolute atomic E-state index is 0.0115. The van der Waals surface area contributed by atoms with E-state index in [1.54, 1.807) is 14.0 Å². The summed E-state index contributed by atoms with van der Waals surface area (Å²) < 4.78 is 1.86. The Morgan fingerprint density at radius 1 is 1.45 bits per heavy atom. The van der Waals surface area contributed by atoms with E-state index in [4.69, 9.17) is 5.11 Å². The zero-order valence-electron chi connectivity index (χ0n) is 13.3. The second-order valence-electron chi connectivity index (χ2n) is 5.47. The van der Waals surface area contributed by atoms with Crippen molar-refractivity contribution in [3.8, 4) is 0 Å². The molecule has 1 aromatic rings. The van der Waals surface area contributed by atoms with Gasteiger partial charge in [0, 0.05) is 25.8 Å². The Balaban J connectivity index is 2.64. The highest BCUT2D eigenvalue weighted by molar-refractivity contribution is 5.74. The molecule has 0 bridgehead atoms. The van der Waals surface area contributed by atoms with Crippen molar-refractivity contribution in [1.82, 2.24) is 20.0 Å². The highest BCUT2D eigenvalue weighted by atomic mass is 16.3. The van der Waals surface area contributed by atoms with Gasteiger partial charge >= 0.3 is 6.03 Å². The summed E-state index contributed by atoms with van der Waals surface area (Å²) in [5.74, 6) is 0. The van der Waals surface area contributed by atoms with Crippen molar-refractivity contribution in [3.63, 3.8) is 0 Å². The molecule has 6 heteroatoms. The molecule has 1 heterocycles. The topological polar surface area (TPSA) is 70.4 Å². The Bertz CT molecular complexity index is 470. The third-order valence-corrected chi connectivity index (χ3v) is 3.78. The number of aliphatic hydroxyl groups excluding tert-OH is 1. The van der Waals surface area contributed by atoms with Gasteiger partial charge in [0.2, 0.25) is 0 Å². The molecule has 0 aromatic carbocycles. The lowest BCUT2D eigenvalue weighted by Crippen LogP contribution is -2.47. The minimum atomic E-state index is -0.191. The first-order valence-electron chi connectivity index (χ1n) is 6.91. The fourth-order valence-electron chi connectivity index (χ4n) is 2.11. The number of nitrogens with zero attached hydrogens (tertiary/aromatic N) is 3. The van der Waals surface area contributed by atoms with Crippen LogP contribution in [0.25, 0.3) is 0 Å². The number of carbonyl (C=O) groups is 1. The molecule has 0 saturated heterocycles. The van der Waals surface area contributed by atoms with Crippen molar-refractivity contribution in [2.24, 2.45) is 7.05 Å². The van der Waals surface area contributed by atoms with Crippen LogP contribution in [0, 0.1) is 13.8 Å². The summed E-state index contributed by atoms with van der Waals surface area (Å²) in [4.78, 5) is 13.5. The molecule has 6 nitrogen and oxygen atoms in total. The van der Waals surface area contributed by atoms with Gasteiger partial charge in [0.1, 0.15) is 0 Å². The lowest BCUT2D eigenvalue weighted by molar-refractivity contribution is 0.155. The molecule has 2 atom stereocenters. The Hall–Kier alpha value is -1.56. The van der Waals surface area contributed by atoms with Crippen LogP contribution in [0.1, 0.15) is 30.8 Å². The zero-order valence-corrected chi connectivity index (χ0v) is 13.3. The number of likely N-dealkylation sites (N-methyl/N-ethyl adjacent to an activating group) is 1. The van der Waals surface area contributed by atoms with Crippen LogP contribution in [0.5, 0.6) is 0 Å². The normalized spacial score (nSPS) is 13.9. The summed E-state index contributed by atoms with van der Waals surface area (Å²) >= 11 is 0. The van der Waals surface area contributed by atoms with E-state index in [9.17, 15) is 4.79 Å². The average Bonchev–Trinajstić information content (AvgIpc) is 2.63. The predicted octanol–water partition coefficient (Wildman–Crippen LogP) is 0.990. The summed E-state index contributed by atoms with van der Waals surface area (Å²) in [6, 6.07) is -0.347. The van der Waals surface area contributed by atoms with Crippen molar-refractivity contribution in [2.45, 2.75) is 46.2 Å². The predicted molar refractivity (Wildman–Crippen MR) is 78.7 cm³/mol. The molecule has 20 heavy (non-hydrogen) atoms. The van der Waals surface area contributed by atoms with E-state index < -0.39 is 0 Å². The van der Waals surface area contributed by atoms with Crippen LogP contribution >= 0.6 is 0 Å². The summed E-state index contributed by atoms with van der Waals surface area (Å²) in [5.41, 5.74) is 3.31. The molecule has 0 radical (unpaired) electrons. The van der Waals surface area contributed by atoms with E-state index >= 15 is 0 Å². The first-order valence-corrected chi connectivity index (χ1v) is 6.91. The molecule has 2 N–H and O–H groups in total. The van der Waals surface area contributed by atoms with Crippen LogP contribution < -0.4 is 5.32 Å². The van der Waals surface area contributed by atoms with Gasteiger partial charge in [-0.25, -0.2) is 4.79 Å². The maximum Gasteiger partial charge on any atom is 0.317 e. The van der Waals surface area contributed by atoms with Gasteiger partial charge < -0.3 is 15.3 Å². The number of aliphatic hydroxyl groups is 1. The maximum absolute atomic E-state index is 12.0.